The van der Waals surface area contributed by atoms with Crippen molar-refractivity contribution in [2.75, 3.05) is 0 Å². The third-order valence-corrected chi connectivity index (χ3v) is 10.8. The van der Waals surface area contributed by atoms with Gasteiger partial charge in [-0.05, 0) is 100 Å². The Morgan fingerprint density at radius 2 is 0.824 bits per heavy atom. The first-order chi connectivity index (χ1) is 25.3. The minimum Gasteiger partial charge on any atom is -0.455 e. The molecule has 51 heavy (non-hydrogen) atoms. The molecule has 0 aliphatic heterocycles. The predicted molar refractivity (Wildman–Crippen MR) is 218 cm³/mol. The molecule has 0 saturated carbocycles. The summed E-state index contributed by atoms with van der Waals surface area (Å²) in [6.45, 7) is 0. The van der Waals surface area contributed by atoms with Crippen LogP contribution in [0, 0.1) is 0 Å². The molecule has 0 aliphatic carbocycles. The Morgan fingerprint density at radius 1 is 0.294 bits per heavy atom. The fourth-order valence-corrected chi connectivity index (χ4v) is 8.62. The van der Waals surface area contributed by atoms with Crippen molar-refractivity contribution in [3.8, 4) is 33.4 Å². The van der Waals surface area contributed by atoms with Crippen LogP contribution in [0.1, 0.15) is 0 Å². The second kappa shape index (κ2) is 10.9. The minimum atomic E-state index is 0.910. The highest BCUT2D eigenvalue weighted by atomic mass is 16.3. The summed E-state index contributed by atoms with van der Waals surface area (Å²) in [6.07, 6.45) is 0. The maximum Gasteiger partial charge on any atom is 0.143 e. The average molecular weight is 647 g/mol. The van der Waals surface area contributed by atoms with E-state index in [1.54, 1.807) is 0 Å². The van der Waals surface area contributed by atoms with Gasteiger partial charge in [-0.15, -0.1) is 0 Å². The predicted octanol–water partition coefficient (Wildman–Crippen LogP) is 14.4. The third-order valence-electron chi connectivity index (χ3n) is 10.8. The van der Waals surface area contributed by atoms with Gasteiger partial charge in [0.15, 0.2) is 0 Å². The number of benzene rings is 10. The summed E-state index contributed by atoms with van der Waals surface area (Å²) in [5, 5.41) is 14.7. The van der Waals surface area contributed by atoms with Crippen LogP contribution in [-0.4, -0.2) is 0 Å². The molecule has 1 aromatic heterocycles. The van der Waals surface area contributed by atoms with Crippen molar-refractivity contribution in [2.24, 2.45) is 0 Å². The highest BCUT2D eigenvalue weighted by Gasteiger charge is 2.20. The summed E-state index contributed by atoms with van der Waals surface area (Å²) in [6, 6.07) is 66.3. The molecule has 11 aromatic rings. The van der Waals surface area contributed by atoms with Crippen LogP contribution < -0.4 is 0 Å². The van der Waals surface area contributed by atoms with Crippen LogP contribution in [0.15, 0.2) is 186 Å². The van der Waals surface area contributed by atoms with Crippen molar-refractivity contribution in [1.82, 2.24) is 0 Å². The zero-order valence-corrected chi connectivity index (χ0v) is 27.7. The van der Waals surface area contributed by atoms with Crippen molar-refractivity contribution in [3.05, 3.63) is 182 Å². The molecular weight excluding hydrogens is 617 g/mol. The molecule has 236 valence electrons. The molecule has 10 aromatic carbocycles. The van der Waals surface area contributed by atoms with E-state index in [9.17, 15) is 0 Å². The van der Waals surface area contributed by atoms with E-state index in [-0.39, 0.29) is 0 Å². The average Bonchev–Trinajstić information content (AvgIpc) is 3.59. The van der Waals surface area contributed by atoms with E-state index in [2.05, 4.69) is 182 Å². The largest absolute Gasteiger partial charge is 0.455 e. The molecule has 0 spiro atoms. The quantitative estimate of drug-likeness (QED) is 0.138. The van der Waals surface area contributed by atoms with E-state index in [4.69, 9.17) is 4.42 Å². The van der Waals surface area contributed by atoms with Crippen LogP contribution in [0.2, 0.25) is 0 Å². The minimum absolute atomic E-state index is 0.910. The highest BCUT2D eigenvalue weighted by molar-refractivity contribution is 6.25. The summed E-state index contributed by atoms with van der Waals surface area (Å²) in [5.41, 5.74) is 9.20. The molecule has 0 radical (unpaired) electrons. The summed E-state index contributed by atoms with van der Waals surface area (Å²) in [7, 11) is 0. The third kappa shape index (κ3) is 4.16. The highest BCUT2D eigenvalue weighted by Crippen LogP contribution is 2.47. The van der Waals surface area contributed by atoms with E-state index in [1.807, 2.05) is 0 Å². The summed E-state index contributed by atoms with van der Waals surface area (Å²) in [4.78, 5) is 0. The van der Waals surface area contributed by atoms with Gasteiger partial charge < -0.3 is 4.42 Å². The molecule has 1 heteroatoms. The maximum absolute atomic E-state index is 6.57. The molecule has 0 unspecified atom stereocenters. The Bertz CT molecular complexity index is 3140. The first-order valence-electron chi connectivity index (χ1n) is 17.6. The lowest BCUT2D eigenvalue weighted by atomic mass is 9.84. The van der Waals surface area contributed by atoms with E-state index >= 15 is 0 Å². The van der Waals surface area contributed by atoms with E-state index in [1.165, 1.54) is 81.9 Å². The van der Waals surface area contributed by atoms with Crippen molar-refractivity contribution < 1.29 is 4.42 Å². The van der Waals surface area contributed by atoms with Gasteiger partial charge in [0, 0.05) is 16.2 Å². The molecule has 0 aliphatic rings. The van der Waals surface area contributed by atoms with Gasteiger partial charge in [-0.3, -0.25) is 0 Å². The van der Waals surface area contributed by atoms with Crippen LogP contribution in [-0.2, 0) is 0 Å². The zero-order valence-electron chi connectivity index (χ0n) is 27.7. The fraction of sp³-hybridized carbons (Fsp3) is 0. The SMILES string of the molecule is c1cc(-c2c3ccccc3c(-c3cccc4c3ccc3ccccc34)c3ccccc23)cc(-c2cccc3oc4c5ccccc5ccc4c23)c1. The normalized spacial score (nSPS) is 11.9. The molecular formula is C50H30O. The number of hydrogen-bond donors (Lipinski definition) is 0. The molecule has 11 rings (SSSR count). The van der Waals surface area contributed by atoms with Gasteiger partial charge >= 0.3 is 0 Å². The first-order valence-corrected chi connectivity index (χ1v) is 17.6. The van der Waals surface area contributed by atoms with Crippen LogP contribution in [0.4, 0.5) is 0 Å². The van der Waals surface area contributed by atoms with E-state index in [0.29, 0.717) is 0 Å². The van der Waals surface area contributed by atoms with Crippen molar-refractivity contribution in [1.29, 1.82) is 0 Å². The monoisotopic (exact) mass is 646 g/mol. The Balaban J connectivity index is 1.17. The zero-order chi connectivity index (χ0) is 33.5. The number of furan rings is 1. The van der Waals surface area contributed by atoms with Crippen LogP contribution in [0.5, 0.6) is 0 Å². The number of rotatable bonds is 3. The lowest BCUT2D eigenvalue weighted by molar-refractivity contribution is 0.673. The van der Waals surface area contributed by atoms with Gasteiger partial charge in [0.25, 0.3) is 0 Å². The molecule has 0 bridgehead atoms. The van der Waals surface area contributed by atoms with Gasteiger partial charge in [0.1, 0.15) is 11.2 Å². The number of fused-ring (bicyclic) bond motifs is 10. The smallest absolute Gasteiger partial charge is 0.143 e. The fourth-order valence-electron chi connectivity index (χ4n) is 8.62. The Labute approximate surface area is 294 Å². The lowest BCUT2D eigenvalue weighted by Gasteiger charge is -2.19. The molecule has 1 heterocycles. The lowest BCUT2D eigenvalue weighted by Crippen LogP contribution is -1.92. The van der Waals surface area contributed by atoms with Crippen molar-refractivity contribution in [2.45, 2.75) is 0 Å². The van der Waals surface area contributed by atoms with Gasteiger partial charge in [0.05, 0.1) is 0 Å². The molecule has 0 saturated heterocycles. The standard InChI is InChI=1S/C50H30O/c1-3-16-35-31(12-1)26-28-39-38(35)23-10-24-40(39)48-43-20-7-5-18-41(43)47(42-19-6-8-21-44(42)48)34-15-9-14-33(30-34)36-22-11-25-46-49(36)45-29-27-32-13-2-4-17-37(32)50(45)51-46/h1-30H. The van der Waals surface area contributed by atoms with Gasteiger partial charge in [0.2, 0.25) is 0 Å². The number of hydrogen-bond acceptors (Lipinski definition) is 1. The summed E-state index contributed by atoms with van der Waals surface area (Å²) < 4.78 is 6.57. The van der Waals surface area contributed by atoms with Gasteiger partial charge in [-0.2, -0.15) is 0 Å². The molecule has 0 atom stereocenters. The van der Waals surface area contributed by atoms with Crippen LogP contribution in [0.25, 0.3) is 109 Å². The Morgan fingerprint density at radius 3 is 1.57 bits per heavy atom. The van der Waals surface area contributed by atoms with Crippen molar-refractivity contribution >= 4 is 75.8 Å². The maximum atomic E-state index is 6.57. The summed E-state index contributed by atoms with van der Waals surface area (Å²) >= 11 is 0. The molecule has 0 amide bonds. The van der Waals surface area contributed by atoms with E-state index in [0.717, 1.165) is 27.3 Å². The topological polar surface area (TPSA) is 13.1 Å². The molecule has 1 nitrogen and oxygen atoms in total. The first kappa shape index (κ1) is 28.2. The van der Waals surface area contributed by atoms with Crippen molar-refractivity contribution in [3.63, 3.8) is 0 Å². The molecule has 0 fully saturated rings. The Kier molecular flexibility index (Phi) is 6.02. The second-order valence-electron chi connectivity index (χ2n) is 13.6. The van der Waals surface area contributed by atoms with Crippen LogP contribution >= 0.6 is 0 Å². The van der Waals surface area contributed by atoms with Gasteiger partial charge in [-0.25, -0.2) is 0 Å². The second-order valence-corrected chi connectivity index (χ2v) is 13.6. The summed E-state index contributed by atoms with van der Waals surface area (Å²) in [5.74, 6) is 0. The molecule has 0 N–H and O–H groups in total. The van der Waals surface area contributed by atoms with E-state index < -0.39 is 0 Å². The van der Waals surface area contributed by atoms with Gasteiger partial charge in [-0.1, -0.05) is 164 Å². The van der Waals surface area contributed by atoms with Crippen LogP contribution in [0.3, 0.4) is 0 Å². The Hall–Kier alpha value is -6.70.